The predicted octanol–water partition coefficient (Wildman–Crippen LogP) is 3.59. The van der Waals surface area contributed by atoms with E-state index in [1.54, 1.807) is 30.6 Å². The molecule has 1 amide bonds. The summed E-state index contributed by atoms with van der Waals surface area (Å²) in [5.41, 5.74) is 0.997. The van der Waals surface area contributed by atoms with Crippen molar-refractivity contribution in [2.45, 2.75) is 17.7 Å². The highest BCUT2D eigenvalue weighted by molar-refractivity contribution is 8.00. The number of hydrogen-bond donors (Lipinski definition) is 0. The summed E-state index contributed by atoms with van der Waals surface area (Å²) in [6.45, 7) is 1.67. The van der Waals surface area contributed by atoms with Gasteiger partial charge in [-0.25, -0.2) is 0 Å². The van der Waals surface area contributed by atoms with E-state index in [1.807, 2.05) is 43.3 Å². The molecule has 1 aromatic carbocycles. The molecule has 9 heteroatoms. The summed E-state index contributed by atoms with van der Waals surface area (Å²) in [6.07, 6.45) is 0. The third-order valence-corrected chi connectivity index (χ3v) is 7.06. The SMILES string of the molecule is COc1cc(C2SCC(=O)N2CCSCc2ccc(CN(C)C)o2)cc2c1OCO2. The minimum atomic E-state index is -0.0446. The molecule has 162 valence electrons. The van der Waals surface area contributed by atoms with Gasteiger partial charge in [0.2, 0.25) is 18.4 Å². The highest BCUT2D eigenvalue weighted by Crippen LogP contribution is 2.47. The molecule has 0 radical (unpaired) electrons. The molecule has 1 fully saturated rings. The van der Waals surface area contributed by atoms with Gasteiger partial charge in [-0.2, -0.15) is 11.8 Å². The molecule has 4 rings (SSSR count). The summed E-state index contributed by atoms with van der Waals surface area (Å²) >= 11 is 3.40. The Morgan fingerprint density at radius 1 is 1.27 bits per heavy atom. The fourth-order valence-corrected chi connectivity index (χ4v) is 5.52. The van der Waals surface area contributed by atoms with Crippen molar-refractivity contribution in [3.8, 4) is 17.2 Å². The lowest BCUT2D eigenvalue weighted by atomic mass is 10.1. The van der Waals surface area contributed by atoms with E-state index in [0.717, 1.165) is 35.1 Å². The molecule has 7 nitrogen and oxygen atoms in total. The van der Waals surface area contributed by atoms with Crippen LogP contribution in [0.1, 0.15) is 22.5 Å². The molecule has 2 aromatic rings. The van der Waals surface area contributed by atoms with Gasteiger partial charge in [-0.15, -0.1) is 11.8 Å². The highest BCUT2D eigenvalue weighted by atomic mass is 32.2. The van der Waals surface area contributed by atoms with Crippen molar-refractivity contribution in [1.29, 1.82) is 0 Å². The van der Waals surface area contributed by atoms with Gasteiger partial charge in [0, 0.05) is 12.3 Å². The van der Waals surface area contributed by atoms with Crippen molar-refractivity contribution in [3.05, 3.63) is 41.3 Å². The maximum absolute atomic E-state index is 12.5. The van der Waals surface area contributed by atoms with E-state index in [4.69, 9.17) is 18.6 Å². The minimum Gasteiger partial charge on any atom is -0.493 e. The van der Waals surface area contributed by atoms with Crippen LogP contribution in [0, 0.1) is 0 Å². The van der Waals surface area contributed by atoms with Crippen LogP contribution in [0.2, 0.25) is 0 Å². The van der Waals surface area contributed by atoms with Crippen molar-refractivity contribution < 1.29 is 23.4 Å². The maximum atomic E-state index is 12.5. The average molecular weight is 451 g/mol. The zero-order valence-electron chi connectivity index (χ0n) is 17.4. The number of fused-ring (bicyclic) bond motifs is 1. The van der Waals surface area contributed by atoms with E-state index < -0.39 is 0 Å². The Morgan fingerprint density at radius 3 is 2.90 bits per heavy atom. The van der Waals surface area contributed by atoms with Crippen molar-refractivity contribution in [2.75, 3.05) is 46.0 Å². The summed E-state index contributed by atoms with van der Waals surface area (Å²) in [7, 11) is 5.66. The smallest absolute Gasteiger partial charge is 0.233 e. The van der Waals surface area contributed by atoms with E-state index >= 15 is 0 Å². The van der Waals surface area contributed by atoms with Gasteiger partial charge >= 0.3 is 0 Å². The Kier molecular flexibility index (Phi) is 6.70. The molecule has 1 aromatic heterocycles. The number of furan rings is 1. The Bertz CT molecular complexity index is 902. The Balaban J connectivity index is 1.35. The van der Waals surface area contributed by atoms with Gasteiger partial charge < -0.3 is 28.4 Å². The molecule has 30 heavy (non-hydrogen) atoms. The molecule has 2 aliphatic heterocycles. The van der Waals surface area contributed by atoms with Crippen LogP contribution in [0.25, 0.3) is 0 Å². The van der Waals surface area contributed by atoms with Crippen LogP contribution in [0.5, 0.6) is 17.2 Å². The topological polar surface area (TPSA) is 64.4 Å². The number of rotatable bonds is 9. The second-order valence-corrected chi connectivity index (χ2v) is 9.54. The zero-order chi connectivity index (χ0) is 21.1. The lowest BCUT2D eigenvalue weighted by Crippen LogP contribution is -2.30. The Hall–Kier alpha value is -1.97. The molecule has 1 saturated heterocycles. The number of benzene rings is 1. The molecule has 1 atom stereocenters. The quantitative estimate of drug-likeness (QED) is 0.537. The predicted molar refractivity (Wildman–Crippen MR) is 118 cm³/mol. The summed E-state index contributed by atoms with van der Waals surface area (Å²) < 4.78 is 22.3. The fourth-order valence-electron chi connectivity index (χ4n) is 3.50. The van der Waals surface area contributed by atoms with Crippen molar-refractivity contribution in [2.24, 2.45) is 0 Å². The first-order chi connectivity index (χ1) is 14.5. The molecular formula is C21H26N2O5S2. The van der Waals surface area contributed by atoms with Crippen molar-refractivity contribution >= 4 is 29.4 Å². The lowest BCUT2D eigenvalue weighted by molar-refractivity contribution is -0.127. The second-order valence-electron chi connectivity index (χ2n) is 7.37. The van der Waals surface area contributed by atoms with Crippen molar-refractivity contribution in [3.63, 3.8) is 0 Å². The zero-order valence-corrected chi connectivity index (χ0v) is 19.0. The second kappa shape index (κ2) is 9.45. The lowest BCUT2D eigenvalue weighted by Gasteiger charge is -2.24. The normalized spacial score (nSPS) is 17.9. The van der Waals surface area contributed by atoms with Crippen LogP contribution < -0.4 is 14.2 Å². The number of carbonyl (C=O) groups excluding carboxylic acids is 1. The van der Waals surface area contributed by atoms with Gasteiger partial charge in [-0.1, -0.05) is 0 Å². The van der Waals surface area contributed by atoms with Gasteiger partial charge in [0.15, 0.2) is 11.5 Å². The summed E-state index contributed by atoms with van der Waals surface area (Å²) in [6, 6.07) is 7.96. The summed E-state index contributed by atoms with van der Waals surface area (Å²) in [4.78, 5) is 16.5. The van der Waals surface area contributed by atoms with Crippen LogP contribution in [-0.2, 0) is 17.1 Å². The summed E-state index contributed by atoms with van der Waals surface area (Å²) in [5, 5.41) is -0.0446. The van der Waals surface area contributed by atoms with E-state index in [1.165, 1.54) is 0 Å². The van der Waals surface area contributed by atoms with E-state index in [0.29, 0.717) is 29.5 Å². The molecule has 0 bridgehead atoms. The van der Waals surface area contributed by atoms with Gasteiger partial charge in [0.1, 0.15) is 16.9 Å². The first-order valence-electron chi connectivity index (χ1n) is 9.74. The number of methoxy groups -OCH3 is 1. The molecule has 0 spiro atoms. The van der Waals surface area contributed by atoms with Crippen LogP contribution in [0.15, 0.2) is 28.7 Å². The van der Waals surface area contributed by atoms with E-state index in [9.17, 15) is 4.79 Å². The number of ether oxygens (including phenoxy) is 3. The Morgan fingerprint density at radius 2 is 2.10 bits per heavy atom. The number of nitrogens with zero attached hydrogens (tertiary/aromatic N) is 2. The van der Waals surface area contributed by atoms with E-state index in [-0.39, 0.29) is 18.1 Å². The van der Waals surface area contributed by atoms with Crippen LogP contribution in [0.3, 0.4) is 0 Å². The molecule has 0 aliphatic carbocycles. The Labute approximate surface area is 185 Å². The number of hydrogen-bond acceptors (Lipinski definition) is 8. The number of thioether (sulfide) groups is 2. The standard InChI is InChI=1S/C21H26N2O5S2/c1-22(2)10-15-4-5-16(28-15)11-29-7-6-23-19(24)12-30-21(23)14-8-17(25-3)20-18(9-14)26-13-27-20/h4-5,8-9,21H,6-7,10-13H2,1-3H3. The maximum Gasteiger partial charge on any atom is 0.233 e. The number of amides is 1. The first kappa shape index (κ1) is 21.3. The molecule has 2 aliphatic rings. The summed E-state index contributed by atoms with van der Waals surface area (Å²) in [5.74, 6) is 6.16. The highest BCUT2D eigenvalue weighted by Gasteiger charge is 2.34. The van der Waals surface area contributed by atoms with Gasteiger partial charge in [-0.05, 0) is 43.9 Å². The monoisotopic (exact) mass is 450 g/mol. The minimum absolute atomic E-state index is 0.0446. The first-order valence-corrected chi connectivity index (χ1v) is 11.9. The third-order valence-electron chi connectivity index (χ3n) is 4.84. The van der Waals surface area contributed by atoms with Gasteiger partial charge in [0.05, 0.1) is 25.2 Å². The fraction of sp³-hybridized carbons (Fsp3) is 0.476. The molecular weight excluding hydrogens is 424 g/mol. The number of carbonyl (C=O) groups is 1. The van der Waals surface area contributed by atoms with Gasteiger partial charge in [-0.3, -0.25) is 4.79 Å². The van der Waals surface area contributed by atoms with E-state index in [2.05, 4.69) is 4.90 Å². The largest absolute Gasteiger partial charge is 0.493 e. The molecule has 3 heterocycles. The third kappa shape index (κ3) is 4.68. The van der Waals surface area contributed by atoms with Crippen LogP contribution >= 0.6 is 23.5 Å². The molecule has 0 saturated carbocycles. The molecule has 0 N–H and O–H groups in total. The average Bonchev–Trinajstić information content (AvgIpc) is 3.44. The van der Waals surface area contributed by atoms with Gasteiger partial charge in [0.25, 0.3) is 0 Å². The van der Waals surface area contributed by atoms with Crippen molar-refractivity contribution in [1.82, 2.24) is 9.80 Å². The molecule has 1 unspecified atom stereocenters. The van der Waals surface area contributed by atoms with Crippen LogP contribution in [-0.4, -0.2) is 61.8 Å². The van der Waals surface area contributed by atoms with Crippen LogP contribution in [0.4, 0.5) is 0 Å².